The predicted octanol–water partition coefficient (Wildman–Crippen LogP) is 4.09. The van der Waals surface area contributed by atoms with Crippen molar-refractivity contribution in [2.45, 2.75) is 70.5 Å². The number of nitrogens with zero attached hydrogens (tertiary/aromatic N) is 1. The van der Waals surface area contributed by atoms with Gasteiger partial charge in [-0.15, -0.1) is 12.3 Å². The minimum absolute atomic E-state index is 0.780. The Balaban J connectivity index is 2.78. The molecule has 1 aliphatic rings. The Morgan fingerprint density at radius 2 is 1.80 bits per heavy atom. The Labute approximate surface area is 129 Å². The zero-order valence-corrected chi connectivity index (χ0v) is 16.5. The molecule has 0 saturated carbocycles. The molecule has 1 N–H and O–H groups in total. The maximum Gasteiger partial charge on any atom is 0.127 e. The number of hydrogen-bond donors (Lipinski definition) is 1. The molecule has 1 atom stereocenters. The monoisotopic (exact) mass is 312 g/mol. The van der Waals surface area contributed by atoms with Crippen LogP contribution in [0.2, 0.25) is 37.3 Å². The van der Waals surface area contributed by atoms with Crippen molar-refractivity contribution in [2.75, 3.05) is 19.6 Å². The first-order chi connectivity index (χ1) is 9.44. The zero-order valence-electron chi connectivity index (χ0n) is 14.5. The van der Waals surface area contributed by atoms with E-state index in [-0.39, 0.29) is 0 Å². The lowest BCUT2D eigenvalue weighted by Crippen LogP contribution is -2.63. The SMILES string of the molecule is C=C[Si](C)(C)CCC1CNCCN1[Si](CC)(CC)CC. The van der Waals surface area contributed by atoms with Gasteiger partial charge >= 0.3 is 0 Å². The van der Waals surface area contributed by atoms with Gasteiger partial charge in [0.1, 0.15) is 8.24 Å². The van der Waals surface area contributed by atoms with E-state index in [4.69, 9.17) is 0 Å². The van der Waals surface area contributed by atoms with Gasteiger partial charge in [-0.2, -0.15) is 0 Å². The van der Waals surface area contributed by atoms with Gasteiger partial charge in [-0.25, -0.2) is 0 Å². The highest BCUT2D eigenvalue weighted by atomic mass is 28.3. The molecule has 0 aromatic rings. The van der Waals surface area contributed by atoms with Crippen molar-refractivity contribution in [3.63, 3.8) is 0 Å². The molecule has 4 heteroatoms. The lowest BCUT2D eigenvalue weighted by molar-refractivity contribution is 0.249. The second-order valence-electron chi connectivity index (χ2n) is 7.07. The van der Waals surface area contributed by atoms with Gasteiger partial charge in [0.15, 0.2) is 0 Å². The van der Waals surface area contributed by atoms with E-state index in [1.807, 2.05) is 0 Å². The fraction of sp³-hybridized carbons (Fsp3) is 0.875. The molecule has 0 radical (unpaired) electrons. The Hall–Kier alpha value is 0.0938. The molecule has 0 spiro atoms. The Morgan fingerprint density at radius 3 is 2.30 bits per heavy atom. The largest absolute Gasteiger partial charge is 0.318 e. The van der Waals surface area contributed by atoms with Crippen molar-refractivity contribution >= 4 is 16.3 Å². The molecule has 1 unspecified atom stereocenters. The van der Waals surface area contributed by atoms with E-state index < -0.39 is 16.3 Å². The summed E-state index contributed by atoms with van der Waals surface area (Å²) in [5, 5.41) is 3.63. The van der Waals surface area contributed by atoms with Gasteiger partial charge in [0, 0.05) is 25.7 Å². The van der Waals surface area contributed by atoms with Gasteiger partial charge in [0.25, 0.3) is 0 Å². The fourth-order valence-electron chi connectivity index (χ4n) is 3.64. The number of hydrogen-bond acceptors (Lipinski definition) is 2. The fourth-order valence-corrected chi connectivity index (χ4v) is 9.22. The summed E-state index contributed by atoms with van der Waals surface area (Å²) in [5.74, 6) is 0. The van der Waals surface area contributed by atoms with E-state index in [1.54, 1.807) is 0 Å². The van der Waals surface area contributed by atoms with Crippen molar-refractivity contribution < 1.29 is 0 Å². The molecule has 1 heterocycles. The Kier molecular flexibility index (Phi) is 7.18. The van der Waals surface area contributed by atoms with Crippen molar-refractivity contribution in [1.82, 2.24) is 9.88 Å². The minimum Gasteiger partial charge on any atom is -0.318 e. The Morgan fingerprint density at radius 1 is 1.20 bits per heavy atom. The van der Waals surface area contributed by atoms with Crippen LogP contribution in [0.3, 0.4) is 0 Å². The Bertz CT molecular complexity index is 293. The molecule has 0 aromatic carbocycles. The molecule has 1 fully saturated rings. The first-order valence-corrected chi connectivity index (χ1v) is 14.4. The van der Waals surface area contributed by atoms with E-state index in [1.165, 1.54) is 50.2 Å². The van der Waals surface area contributed by atoms with Gasteiger partial charge in [-0.3, -0.25) is 0 Å². The maximum absolute atomic E-state index is 4.05. The van der Waals surface area contributed by atoms with Gasteiger partial charge in [-0.1, -0.05) is 39.9 Å². The zero-order chi connectivity index (χ0) is 15.2. The average molecular weight is 313 g/mol. The highest BCUT2D eigenvalue weighted by molar-refractivity contribution is 6.82. The van der Waals surface area contributed by atoms with Crippen LogP contribution < -0.4 is 5.32 Å². The van der Waals surface area contributed by atoms with Crippen molar-refractivity contribution in [2.24, 2.45) is 0 Å². The van der Waals surface area contributed by atoms with Gasteiger partial charge in [-0.05, 0) is 24.6 Å². The van der Waals surface area contributed by atoms with Crippen molar-refractivity contribution in [3.8, 4) is 0 Å². The number of piperazine rings is 1. The smallest absolute Gasteiger partial charge is 0.127 e. The third-order valence-electron chi connectivity index (χ3n) is 5.61. The van der Waals surface area contributed by atoms with Crippen LogP contribution in [0.15, 0.2) is 12.3 Å². The second-order valence-corrected chi connectivity index (χ2v) is 17.1. The minimum atomic E-state index is -1.20. The molecule has 1 aliphatic heterocycles. The summed E-state index contributed by atoms with van der Waals surface area (Å²) in [4.78, 5) is 0. The summed E-state index contributed by atoms with van der Waals surface area (Å²) in [6, 6.07) is 6.42. The maximum atomic E-state index is 4.05. The number of nitrogens with one attached hydrogen (secondary N) is 1. The van der Waals surface area contributed by atoms with Crippen LogP contribution >= 0.6 is 0 Å². The van der Waals surface area contributed by atoms with Crippen LogP contribution in [0.4, 0.5) is 0 Å². The normalized spacial score (nSPS) is 21.9. The summed E-state index contributed by atoms with van der Waals surface area (Å²) in [5.41, 5.74) is 2.26. The third-order valence-corrected chi connectivity index (χ3v) is 14.0. The molecule has 0 aliphatic carbocycles. The van der Waals surface area contributed by atoms with Crippen LogP contribution in [-0.2, 0) is 0 Å². The summed E-state index contributed by atoms with van der Waals surface area (Å²) in [7, 11) is -2.36. The van der Waals surface area contributed by atoms with E-state index in [2.05, 4.69) is 56.0 Å². The molecular formula is C16H36N2Si2. The van der Waals surface area contributed by atoms with Crippen molar-refractivity contribution in [3.05, 3.63) is 12.3 Å². The lowest BCUT2D eigenvalue weighted by atomic mass is 10.2. The molecule has 2 nitrogen and oxygen atoms in total. The van der Waals surface area contributed by atoms with Crippen LogP contribution in [0, 0.1) is 0 Å². The third kappa shape index (κ3) is 4.29. The summed E-state index contributed by atoms with van der Waals surface area (Å²) in [6.45, 7) is 19.9. The highest BCUT2D eigenvalue weighted by Crippen LogP contribution is 2.30. The summed E-state index contributed by atoms with van der Waals surface area (Å²) < 4.78 is 2.98. The highest BCUT2D eigenvalue weighted by Gasteiger charge is 2.39. The summed E-state index contributed by atoms with van der Waals surface area (Å²) >= 11 is 0. The molecule has 0 amide bonds. The average Bonchev–Trinajstić information content (AvgIpc) is 2.49. The quantitative estimate of drug-likeness (QED) is 0.679. The van der Waals surface area contributed by atoms with Crippen LogP contribution in [0.25, 0.3) is 0 Å². The van der Waals surface area contributed by atoms with Crippen LogP contribution in [0.5, 0.6) is 0 Å². The molecular weight excluding hydrogens is 276 g/mol. The molecule has 0 bridgehead atoms. The van der Waals surface area contributed by atoms with Crippen molar-refractivity contribution in [1.29, 1.82) is 0 Å². The van der Waals surface area contributed by atoms with Gasteiger partial charge < -0.3 is 9.88 Å². The summed E-state index contributed by atoms with van der Waals surface area (Å²) in [6.07, 6.45) is 1.37. The van der Waals surface area contributed by atoms with Crippen LogP contribution in [0.1, 0.15) is 27.2 Å². The van der Waals surface area contributed by atoms with E-state index in [0.717, 1.165) is 6.04 Å². The molecule has 118 valence electrons. The van der Waals surface area contributed by atoms with E-state index in [0.29, 0.717) is 0 Å². The van der Waals surface area contributed by atoms with Gasteiger partial charge in [0.2, 0.25) is 0 Å². The van der Waals surface area contributed by atoms with E-state index >= 15 is 0 Å². The van der Waals surface area contributed by atoms with Gasteiger partial charge in [0.05, 0.1) is 8.07 Å². The predicted molar refractivity (Wildman–Crippen MR) is 97.7 cm³/mol. The first kappa shape index (κ1) is 18.1. The molecule has 1 rings (SSSR count). The molecule has 0 aromatic heterocycles. The molecule has 1 saturated heterocycles. The van der Waals surface area contributed by atoms with E-state index in [9.17, 15) is 0 Å². The second kappa shape index (κ2) is 7.92. The standard InChI is InChI=1S/C16H36N2Si2/c1-7-19(5,6)14-11-16-15-17-12-13-18(16)20(8-2,9-3)10-4/h7,16-17H,1,8-15H2,2-6H3. The molecule has 20 heavy (non-hydrogen) atoms. The van der Waals surface area contributed by atoms with Crippen LogP contribution in [-0.4, -0.2) is 46.6 Å². The number of rotatable bonds is 8. The topological polar surface area (TPSA) is 15.3 Å². The first-order valence-electron chi connectivity index (χ1n) is 8.55. The lowest BCUT2D eigenvalue weighted by Gasteiger charge is -2.49.